The Labute approximate surface area is 104 Å². The van der Waals surface area contributed by atoms with Crippen LogP contribution in [0.1, 0.15) is 19.4 Å². The third-order valence-corrected chi connectivity index (χ3v) is 3.43. The van der Waals surface area contributed by atoms with Crippen LogP contribution in [-0.4, -0.2) is 17.6 Å². The van der Waals surface area contributed by atoms with E-state index in [0.717, 1.165) is 0 Å². The number of carbonyl (C=O) groups is 1. The van der Waals surface area contributed by atoms with Crippen LogP contribution in [0.25, 0.3) is 5.76 Å². The molecule has 0 unspecified atom stereocenters. The fourth-order valence-electron chi connectivity index (χ4n) is 1.61. The number of rotatable bonds is 2. The predicted octanol–water partition coefficient (Wildman–Crippen LogP) is 3.27. The van der Waals surface area contributed by atoms with E-state index in [-0.39, 0.29) is 11.6 Å². The van der Waals surface area contributed by atoms with E-state index in [4.69, 9.17) is 4.74 Å². The average Bonchev–Trinajstić information content (AvgIpc) is 2.53. The topological polar surface area (TPSA) is 26.3 Å². The summed E-state index contributed by atoms with van der Waals surface area (Å²) in [5.41, 5.74) is -0.247. The molecule has 4 heteroatoms. The van der Waals surface area contributed by atoms with Gasteiger partial charge in [-0.15, -0.1) is 11.8 Å². The molecule has 0 saturated heterocycles. The first kappa shape index (κ1) is 12.2. The van der Waals surface area contributed by atoms with Gasteiger partial charge in [0.2, 0.25) is 5.78 Å². The molecule has 0 amide bonds. The number of hydrogen-bond acceptors (Lipinski definition) is 3. The second-order valence-electron chi connectivity index (χ2n) is 4.33. The largest absolute Gasteiger partial charge is 0.479 e. The van der Waals surface area contributed by atoms with Crippen molar-refractivity contribution in [2.45, 2.75) is 24.3 Å². The third kappa shape index (κ3) is 2.22. The van der Waals surface area contributed by atoms with Gasteiger partial charge in [-0.05, 0) is 38.3 Å². The van der Waals surface area contributed by atoms with E-state index in [0.29, 0.717) is 16.2 Å². The fourth-order valence-corrected chi connectivity index (χ4v) is 2.07. The zero-order valence-corrected chi connectivity index (χ0v) is 10.7. The first-order valence-corrected chi connectivity index (χ1v) is 6.45. The maximum atomic E-state index is 13.6. The molecule has 0 aliphatic carbocycles. The number of thioether (sulfide) groups is 1. The van der Waals surface area contributed by atoms with Crippen molar-refractivity contribution in [2.75, 3.05) is 6.26 Å². The van der Waals surface area contributed by atoms with Gasteiger partial charge in [-0.3, -0.25) is 4.79 Å². The predicted molar refractivity (Wildman–Crippen MR) is 66.3 cm³/mol. The van der Waals surface area contributed by atoms with E-state index in [1.165, 1.54) is 23.9 Å². The van der Waals surface area contributed by atoms with Crippen molar-refractivity contribution in [3.05, 3.63) is 35.7 Å². The molecule has 0 spiro atoms. The monoisotopic (exact) mass is 252 g/mol. The van der Waals surface area contributed by atoms with Crippen molar-refractivity contribution in [2.24, 2.45) is 0 Å². The van der Waals surface area contributed by atoms with Gasteiger partial charge in [0, 0.05) is 16.5 Å². The average molecular weight is 252 g/mol. The molecule has 17 heavy (non-hydrogen) atoms. The van der Waals surface area contributed by atoms with Gasteiger partial charge >= 0.3 is 0 Å². The van der Waals surface area contributed by atoms with Gasteiger partial charge in [0.05, 0.1) is 0 Å². The van der Waals surface area contributed by atoms with E-state index >= 15 is 0 Å². The molecule has 0 bridgehead atoms. The molecule has 1 heterocycles. The Bertz CT molecular complexity index is 506. The van der Waals surface area contributed by atoms with E-state index in [2.05, 4.69) is 0 Å². The number of carbonyl (C=O) groups excluding carboxylic acids is 1. The molecule has 0 radical (unpaired) electrons. The Morgan fingerprint density at radius 2 is 2.06 bits per heavy atom. The van der Waals surface area contributed by atoms with Crippen molar-refractivity contribution in [3.63, 3.8) is 0 Å². The van der Waals surface area contributed by atoms with Gasteiger partial charge in [-0.1, -0.05) is 0 Å². The summed E-state index contributed by atoms with van der Waals surface area (Å²) in [7, 11) is 0. The minimum atomic E-state index is -0.843. The van der Waals surface area contributed by atoms with E-state index < -0.39 is 5.60 Å². The summed E-state index contributed by atoms with van der Waals surface area (Å²) in [5.74, 6) is 0.0464. The van der Waals surface area contributed by atoms with Crippen LogP contribution in [0, 0.1) is 5.82 Å². The van der Waals surface area contributed by atoms with Crippen molar-refractivity contribution in [1.29, 1.82) is 0 Å². The van der Waals surface area contributed by atoms with Crippen molar-refractivity contribution < 1.29 is 13.9 Å². The first-order valence-electron chi connectivity index (χ1n) is 5.23. The molecule has 1 aromatic carbocycles. The van der Waals surface area contributed by atoms with Crippen LogP contribution >= 0.6 is 11.8 Å². The number of ether oxygens (including phenoxy) is 1. The lowest BCUT2D eigenvalue weighted by Gasteiger charge is -2.18. The second kappa shape index (κ2) is 4.18. The number of hydrogen-bond donors (Lipinski definition) is 0. The molecule has 90 valence electrons. The molecular formula is C13H13FO2S. The Morgan fingerprint density at radius 3 is 2.53 bits per heavy atom. The minimum absolute atomic E-state index is 0.0955. The van der Waals surface area contributed by atoms with Crippen LogP contribution in [0.3, 0.4) is 0 Å². The molecule has 0 saturated carbocycles. The van der Waals surface area contributed by atoms with Crippen LogP contribution in [0.15, 0.2) is 29.2 Å². The fraction of sp³-hybridized carbons (Fsp3) is 0.308. The highest BCUT2D eigenvalue weighted by Crippen LogP contribution is 2.32. The second-order valence-corrected chi connectivity index (χ2v) is 5.18. The van der Waals surface area contributed by atoms with Gasteiger partial charge in [-0.25, -0.2) is 4.39 Å². The lowest BCUT2D eigenvalue weighted by atomic mass is 10.1. The highest BCUT2D eigenvalue weighted by molar-refractivity contribution is 7.98. The van der Waals surface area contributed by atoms with Crippen LogP contribution in [0.5, 0.6) is 0 Å². The lowest BCUT2D eigenvalue weighted by Crippen LogP contribution is -2.27. The molecule has 0 N–H and O–H groups in total. The summed E-state index contributed by atoms with van der Waals surface area (Å²) >= 11 is 1.34. The molecular weight excluding hydrogens is 239 g/mol. The number of ketones is 1. The summed E-state index contributed by atoms with van der Waals surface area (Å²) < 4.78 is 19.1. The zero-order chi connectivity index (χ0) is 12.6. The zero-order valence-electron chi connectivity index (χ0n) is 9.91. The lowest BCUT2D eigenvalue weighted by molar-refractivity contribution is -0.125. The minimum Gasteiger partial charge on any atom is -0.479 e. The van der Waals surface area contributed by atoms with Crippen LogP contribution in [-0.2, 0) is 9.53 Å². The van der Waals surface area contributed by atoms with Gasteiger partial charge in [0.1, 0.15) is 11.6 Å². The normalized spacial score (nSPS) is 17.9. The summed E-state index contributed by atoms with van der Waals surface area (Å²) in [6, 6.07) is 4.84. The molecule has 1 aliphatic rings. The van der Waals surface area contributed by atoms with Crippen LogP contribution < -0.4 is 0 Å². The summed E-state index contributed by atoms with van der Waals surface area (Å²) in [4.78, 5) is 12.2. The molecule has 0 aromatic heterocycles. The smallest absolute Gasteiger partial charge is 0.202 e. The van der Waals surface area contributed by atoms with Gasteiger partial charge in [0.25, 0.3) is 0 Å². The van der Waals surface area contributed by atoms with E-state index in [9.17, 15) is 9.18 Å². The Balaban J connectivity index is 2.34. The van der Waals surface area contributed by atoms with E-state index in [1.807, 2.05) is 6.26 Å². The molecule has 1 aromatic rings. The first-order chi connectivity index (χ1) is 7.94. The Morgan fingerprint density at radius 1 is 1.35 bits per heavy atom. The molecule has 1 aliphatic heterocycles. The van der Waals surface area contributed by atoms with Gasteiger partial charge < -0.3 is 4.74 Å². The maximum Gasteiger partial charge on any atom is 0.202 e. The van der Waals surface area contributed by atoms with Gasteiger partial charge in [-0.2, -0.15) is 0 Å². The summed E-state index contributed by atoms with van der Waals surface area (Å²) in [5, 5.41) is 0. The summed E-state index contributed by atoms with van der Waals surface area (Å²) in [6.07, 6.45) is 3.24. The summed E-state index contributed by atoms with van der Waals surface area (Å²) in [6.45, 7) is 3.40. The molecule has 0 fully saturated rings. The Kier molecular flexibility index (Phi) is 3.00. The number of halogens is 1. The van der Waals surface area contributed by atoms with E-state index in [1.54, 1.807) is 26.0 Å². The van der Waals surface area contributed by atoms with Crippen molar-refractivity contribution >= 4 is 23.3 Å². The third-order valence-electron chi connectivity index (χ3n) is 2.66. The molecule has 2 rings (SSSR count). The van der Waals surface area contributed by atoms with Gasteiger partial charge in [0.15, 0.2) is 5.60 Å². The molecule has 0 atom stereocenters. The quantitative estimate of drug-likeness (QED) is 0.756. The highest BCUT2D eigenvalue weighted by atomic mass is 32.2. The number of benzene rings is 1. The Hall–Kier alpha value is -1.29. The van der Waals surface area contributed by atoms with Crippen molar-refractivity contribution in [3.8, 4) is 0 Å². The standard InChI is InChI=1S/C13H13FO2S/c1-13(2)12(15)7-10(16-13)8-4-5-11(17-3)9(14)6-8/h4-7H,1-3H3. The van der Waals surface area contributed by atoms with Crippen molar-refractivity contribution in [1.82, 2.24) is 0 Å². The molecule has 2 nitrogen and oxygen atoms in total. The maximum absolute atomic E-state index is 13.6. The highest BCUT2D eigenvalue weighted by Gasteiger charge is 2.35. The van der Waals surface area contributed by atoms with Crippen LogP contribution in [0.2, 0.25) is 0 Å². The SMILES string of the molecule is CSc1ccc(C2=CC(=O)C(C)(C)O2)cc1F. The van der Waals surface area contributed by atoms with Crippen LogP contribution in [0.4, 0.5) is 4.39 Å².